The first-order chi connectivity index (χ1) is 35.9. The number of allylic oxidation sites excluding steroid dienone is 9. The van der Waals surface area contributed by atoms with E-state index in [4.69, 9.17) is 13.8 Å². The van der Waals surface area contributed by atoms with E-state index < -0.39 is 20.0 Å². The van der Waals surface area contributed by atoms with E-state index in [-0.39, 0.29) is 31.5 Å². The molecule has 0 heterocycles. The highest BCUT2D eigenvalue weighted by atomic mass is 31.2. The number of amides is 1. The molecule has 0 aliphatic heterocycles. The third kappa shape index (κ3) is 54.5. The van der Waals surface area contributed by atoms with Crippen LogP contribution in [0.15, 0.2) is 60.8 Å². The zero-order chi connectivity index (χ0) is 54.3. The van der Waals surface area contributed by atoms with E-state index in [9.17, 15) is 19.0 Å². The first-order valence-electron chi connectivity index (χ1n) is 31.1. The van der Waals surface area contributed by atoms with Crippen LogP contribution in [-0.2, 0) is 27.9 Å². The Hall–Kier alpha value is -2.29. The third-order valence-corrected chi connectivity index (χ3v) is 14.7. The van der Waals surface area contributed by atoms with Crippen LogP contribution in [-0.4, -0.2) is 74.3 Å². The van der Waals surface area contributed by atoms with Crippen LogP contribution in [0.4, 0.5) is 0 Å². The number of ether oxygens (including phenoxy) is 1. The van der Waals surface area contributed by atoms with Gasteiger partial charge in [-0.05, 0) is 76.7 Å². The van der Waals surface area contributed by atoms with Crippen molar-refractivity contribution in [3.05, 3.63) is 60.8 Å². The smallest absolute Gasteiger partial charge is 0.456 e. The van der Waals surface area contributed by atoms with E-state index in [2.05, 4.69) is 74.7 Å². The quantitative estimate of drug-likeness (QED) is 0.0205. The van der Waals surface area contributed by atoms with Gasteiger partial charge >= 0.3 is 13.8 Å². The Morgan fingerprint density at radius 1 is 0.473 bits per heavy atom. The summed E-state index contributed by atoms with van der Waals surface area (Å²) in [5.41, 5.74) is 0. The summed E-state index contributed by atoms with van der Waals surface area (Å²) in [4.78, 5) is 37.7. The maximum Gasteiger partial charge on any atom is 0.472 e. The zero-order valence-corrected chi connectivity index (χ0v) is 50.2. The molecule has 2 N–H and O–H groups in total. The molecule has 0 aliphatic rings. The second-order valence-electron chi connectivity index (χ2n) is 22.2. The summed E-state index contributed by atoms with van der Waals surface area (Å²) in [5.74, 6) is -0.519. The second-order valence-corrected chi connectivity index (χ2v) is 23.7. The first-order valence-corrected chi connectivity index (χ1v) is 32.6. The minimum Gasteiger partial charge on any atom is -0.456 e. The molecule has 432 valence electrons. The normalized spacial score (nSPS) is 14.1. The molecule has 0 aromatic rings. The largest absolute Gasteiger partial charge is 0.472 e. The molecule has 1 amide bonds. The van der Waals surface area contributed by atoms with Gasteiger partial charge in [0.15, 0.2) is 0 Å². The van der Waals surface area contributed by atoms with Crippen molar-refractivity contribution >= 4 is 19.7 Å². The third-order valence-electron chi connectivity index (χ3n) is 13.7. The molecule has 9 nitrogen and oxygen atoms in total. The van der Waals surface area contributed by atoms with Gasteiger partial charge in [0, 0.05) is 12.8 Å². The van der Waals surface area contributed by atoms with E-state index >= 15 is 0 Å². The second kappa shape index (κ2) is 54.1. The van der Waals surface area contributed by atoms with Crippen LogP contribution in [0.5, 0.6) is 0 Å². The van der Waals surface area contributed by atoms with Crippen molar-refractivity contribution in [2.24, 2.45) is 0 Å². The standard InChI is InChI=1S/C64H119N2O7P/c1-7-10-13-16-19-22-25-27-29-31-32-33-34-35-37-39-42-45-48-51-54-57-64(68)73-62(55-52-49-46-43-40-24-21-18-15-12-9-3)61(60-72-74(69,70)71-59-58-66(4,5)6)65-63(67)56-53-50-47-44-41-38-36-30-28-26-23-20-17-14-11-8-2/h19,22,27,29,32-33,35,37,52,55,61-62H,7-18,20-21,23-26,28,30-31,34,36,38-51,53-54,56-60H2,1-6H3,(H-,65,67,69,70)/p+1/b22-19-,29-27-,33-32-,37-35-,55-52+. The molecule has 10 heteroatoms. The van der Waals surface area contributed by atoms with Crippen molar-refractivity contribution in [3.8, 4) is 0 Å². The summed E-state index contributed by atoms with van der Waals surface area (Å²) < 4.78 is 30.7. The Morgan fingerprint density at radius 3 is 1.26 bits per heavy atom. The lowest BCUT2D eigenvalue weighted by Gasteiger charge is -2.27. The Bertz CT molecular complexity index is 1450. The molecule has 74 heavy (non-hydrogen) atoms. The van der Waals surface area contributed by atoms with Crippen LogP contribution in [0.1, 0.15) is 284 Å². The number of hydrogen-bond acceptors (Lipinski definition) is 6. The number of phosphoric acid groups is 1. The molecule has 0 aromatic heterocycles. The number of carbonyl (C=O) groups is 2. The molecule has 0 aliphatic carbocycles. The van der Waals surface area contributed by atoms with E-state index in [0.717, 1.165) is 96.3 Å². The Balaban J connectivity index is 5.24. The highest BCUT2D eigenvalue weighted by molar-refractivity contribution is 7.47. The van der Waals surface area contributed by atoms with E-state index in [0.29, 0.717) is 17.4 Å². The van der Waals surface area contributed by atoms with Crippen LogP contribution in [0.25, 0.3) is 0 Å². The summed E-state index contributed by atoms with van der Waals surface area (Å²) in [7, 11) is 1.49. The number of hydrogen-bond donors (Lipinski definition) is 2. The number of rotatable bonds is 56. The molecule has 0 rings (SSSR count). The average molecular weight is 1060 g/mol. The van der Waals surface area contributed by atoms with Gasteiger partial charge < -0.3 is 19.4 Å². The summed E-state index contributed by atoms with van der Waals surface area (Å²) >= 11 is 0. The fourth-order valence-electron chi connectivity index (χ4n) is 8.87. The fraction of sp³-hybridized carbons (Fsp3) is 0.812. The number of quaternary nitrogens is 1. The molecule has 0 fully saturated rings. The highest BCUT2D eigenvalue weighted by Gasteiger charge is 2.30. The average Bonchev–Trinajstić information content (AvgIpc) is 3.36. The molecule has 0 saturated carbocycles. The van der Waals surface area contributed by atoms with Gasteiger partial charge in [-0.25, -0.2) is 4.57 Å². The van der Waals surface area contributed by atoms with Gasteiger partial charge in [-0.3, -0.25) is 18.6 Å². The summed E-state index contributed by atoms with van der Waals surface area (Å²) in [6.07, 6.45) is 67.8. The van der Waals surface area contributed by atoms with Crippen molar-refractivity contribution in [1.29, 1.82) is 0 Å². The number of nitrogens with zero attached hydrogens (tertiary/aromatic N) is 1. The van der Waals surface area contributed by atoms with Gasteiger partial charge in [0.1, 0.15) is 19.3 Å². The number of carbonyl (C=O) groups excluding carboxylic acids is 2. The molecular weight excluding hydrogens is 940 g/mol. The summed E-state index contributed by atoms with van der Waals surface area (Å²) in [6.45, 7) is 6.98. The van der Waals surface area contributed by atoms with Crippen molar-refractivity contribution in [2.45, 2.75) is 296 Å². The van der Waals surface area contributed by atoms with Gasteiger partial charge in [-0.1, -0.05) is 255 Å². The van der Waals surface area contributed by atoms with E-state index in [1.54, 1.807) is 0 Å². The van der Waals surface area contributed by atoms with Crippen molar-refractivity contribution in [1.82, 2.24) is 5.32 Å². The van der Waals surface area contributed by atoms with Crippen molar-refractivity contribution in [2.75, 3.05) is 40.9 Å². The zero-order valence-electron chi connectivity index (χ0n) is 49.3. The lowest BCUT2D eigenvalue weighted by atomic mass is 10.0. The molecule has 0 radical (unpaired) electrons. The highest BCUT2D eigenvalue weighted by Crippen LogP contribution is 2.43. The number of nitrogens with one attached hydrogen (secondary N) is 1. The van der Waals surface area contributed by atoms with Gasteiger partial charge in [0.25, 0.3) is 0 Å². The van der Waals surface area contributed by atoms with Crippen LogP contribution >= 0.6 is 7.82 Å². The number of phosphoric ester groups is 1. The van der Waals surface area contributed by atoms with Crippen LogP contribution in [0.2, 0.25) is 0 Å². The molecule has 3 unspecified atom stereocenters. The predicted molar refractivity (Wildman–Crippen MR) is 318 cm³/mol. The summed E-state index contributed by atoms with van der Waals surface area (Å²) in [6, 6.07) is -0.855. The topological polar surface area (TPSA) is 111 Å². The number of likely N-dealkylation sites (N-methyl/N-ethyl adjacent to an activating group) is 1. The predicted octanol–water partition coefficient (Wildman–Crippen LogP) is 19.1. The SMILES string of the molecule is CCCCC/C=C\C/C=C\C/C=C\C/C=C\CCCCCCCC(=O)OC(/C=C/CCCCCCCCCCC)C(COP(=O)(O)OCC[N+](C)(C)C)NC(=O)CCCCCCCCCCCCCCCCCC. The Labute approximate surface area is 458 Å². The fourth-order valence-corrected chi connectivity index (χ4v) is 9.60. The molecular formula is C64H120N2O7P+. The summed E-state index contributed by atoms with van der Waals surface area (Å²) in [5, 5.41) is 3.05. The Kier molecular flexibility index (Phi) is 52.4. The molecule has 0 saturated heterocycles. The lowest BCUT2D eigenvalue weighted by molar-refractivity contribution is -0.870. The Morgan fingerprint density at radius 2 is 0.824 bits per heavy atom. The minimum absolute atomic E-state index is 0.0369. The van der Waals surface area contributed by atoms with Crippen LogP contribution in [0.3, 0.4) is 0 Å². The van der Waals surface area contributed by atoms with Gasteiger partial charge in [0.05, 0.1) is 33.8 Å². The first kappa shape index (κ1) is 71.7. The monoisotopic (exact) mass is 1060 g/mol. The van der Waals surface area contributed by atoms with Gasteiger partial charge in [-0.15, -0.1) is 0 Å². The van der Waals surface area contributed by atoms with Gasteiger partial charge in [0.2, 0.25) is 5.91 Å². The lowest BCUT2D eigenvalue weighted by Crippen LogP contribution is -2.47. The molecule has 3 atom stereocenters. The van der Waals surface area contributed by atoms with Crippen molar-refractivity contribution < 1.29 is 37.3 Å². The van der Waals surface area contributed by atoms with Gasteiger partial charge in [-0.2, -0.15) is 0 Å². The number of esters is 1. The van der Waals surface area contributed by atoms with E-state index in [1.807, 2.05) is 33.3 Å². The van der Waals surface area contributed by atoms with Crippen LogP contribution in [0, 0.1) is 0 Å². The van der Waals surface area contributed by atoms with Crippen molar-refractivity contribution in [3.63, 3.8) is 0 Å². The molecule has 0 aromatic carbocycles. The van der Waals surface area contributed by atoms with Crippen LogP contribution < -0.4 is 5.32 Å². The van der Waals surface area contributed by atoms with E-state index in [1.165, 1.54) is 154 Å². The maximum absolute atomic E-state index is 13.5. The minimum atomic E-state index is -4.45. The maximum atomic E-state index is 13.5. The molecule has 0 spiro atoms. The molecule has 0 bridgehead atoms. The number of unbranched alkanes of at least 4 members (excludes halogenated alkanes) is 32.